The quantitative estimate of drug-likeness (QED) is 0.220. The van der Waals surface area contributed by atoms with Crippen molar-refractivity contribution in [3.63, 3.8) is 0 Å². The standard InChI is InChI=1S/C29H24BrN3O3/c1-2-36-29(35)27-24(20-7-6-14-31-17-20)15-21(16-26(27)34)25-18-33(23-8-4-3-5-9-23)32-28(25)19-10-12-22(30)13-11-19/h3-14,16-18,24,27H,2,15H2,1H3. The number of hydrogen-bond acceptors (Lipinski definition) is 5. The lowest BCUT2D eigenvalue weighted by atomic mass is 9.74. The maximum absolute atomic E-state index is 13.4. The summed E-state index contributed by atoms with van der Waals surface area (Å²) in [6, 6.07) is 21.5. The van der Waals surface area contributed by atoms with Gasteiger partial charge in [-0.05, 0) is 60.9 Å². The van der Waals surface area contributed by atoms with E-state index in [1.807, 2.05) is 77.6 Å². The Morgan fingerprint density at radius 3 is 2.56 bits per heavy atom. The van der Waals surface area contributed by atoms with E-state index >= 15 is 0 Å². The zero-order valence-corrected chi connectivity index (χ0v) is 21.3. The fraction of sp³-hybridized carbons (Fsp3) is 0.172. The average molecular weight is 542 g/mol. The first kappa shape index (κ1) is 23.9. The molecule has 1 aliphatic rings. The molecule has 2 aromatic carbocycles. The predicted molar refractivity (Wildman–Crippen MR) is 141 cm³/mol. The van der Waals surface area contributed by atoms with Crippen LogP contribution in [0.3, 0.4) is 0 Å². The fourth-order valence-electron chi connectivity index (χ4n) is 4.62. The molecule has 0 saturated carbocycles. The maximum atomic E-state index is 13.4. The van der Waals surface area contributed by atoms with Crippen molar-refractivity contribution < 1.29 is 14.3 Å². The number of benzene rings is 2. The van der Waals surface area contributed by atoms with Crippen LogP contribution in [-0.2, 0) is 14.3 Å². The Morgan fingerprint density at radius 1 is 1.08 bits per heavy atom. The average Bonchev–Trinajstić information content (AvgIpc) is 3.35. The van der Waals surface area contributed by atoms with Crippen LogP contribution < -0.4 is 0 Å². The molecule has 7 heteroatoms. The SMILES string of the molecule is CCOC(=O)C1C(=O)C=C(c2cn(-c3ccccc3)nc2-c2ccc(Br)cc2)CC1c1cccnc1. The van der Waals surface area contributed by atoms with Crippen LogP contribution in [-0.4, -0.2) is 33.1 Å². The van der Waals surface area contributed by atoms with Crippen LogP contribution in [0.2, 0.25) is 0 Å². The molecular formula is C29H24BrN3O3. The number of carbonyl (C=O) groups is 2. The zero-order valence-electron chi connectivity index (χ0n) is 19.7. The number of carbonyl (C=O) groups excluding carboxylic acids is 2. The van der Waals surface area contributed by atoms with Crippen molar-refractivity contribution in [2.45, 2.75) is 19.3 Å². The fourth-order valence-corrected chi connectivity index (χ4v) is 4.89. The molecule has 0 bridgehead atoms. The van der Waals surface area contributed by atoms with Crippen LogP contribution in [0, 0.1) is 5.92 Å². The summed E-state index contributed by atoms with van der Waals surface area (Å²) in [6.45, 7) is 1.96. The van der Waals surface area contributed by atoms with E-state index < -0.39 is 11.9 Å². The Hall–Kier alpha value is -3.84. The van der Waals surface area contributed by atoms with Gasteiger partial charge in [0, 0.05) is 40.1 Å². The van der Waals surface area contributed by atoms with Crippen molar-refractivity contribution in [2.24, 2.45) is 5.92 Å². The second-order valence-corrected chi connectivity index (χ2v) is 9.49. The van der Waals surface area contributed by atoms with E-state index in [4.69, 9.17) is 9.84 Å². The molecule has 2 unspecified atom stereocenters. The smallest absolute Gasteiger partial charge is 0.317 e. The third-order valence-corrected chi connectivity index (χ3v) is 6.85. The number of nitrogens with zero attached hydrogens (tertiary/aromatic N) is 3. The number of para-hydroxylation sites is 1. The summed E-state index contributed by atoms with van der Waals surface area (Å²) in [7, 11) is 0. The molecule has 0 amide bonds. The highest BCUT2D eigenvalue weighted by atomic mass is 79.9. The molecule has 2 heterocycles. The van der Waals surface area contributed by atoms with Crippen molar-refractivity contribution in [3.8, 4) is 16.9 Å². The van der Waals surface area contributed by atoms with E-state index in [1.54, 1.807) is 25.4 Å². The zero-order chi connectivity index (χ0) is 25.1. The van der Waals surface area contributed by atoms with Crippen LogP contribution in [0.25, 0.3) is 22.5 Å². The monoisotopic (exact) mass is 541 g/mol. The first-order valence-electron chi connectivity index (χ1n) is 11.8. The third-order valence-electron chi connectivity index (χ3n) is 6.32. The molecule has 6 nitrogen and oxygen atoms in total. The van der Waals surface area contributed by atoms with E-state index in [-0.39, 0.29) is 18.3 Å². The molecular weight excluding hydrogens is 518 g/mol. The van der Waals surface area contributed by atoms with Crippen LogP contribution in [0.1, 0.15) is 30.4 Å². The lowest BCUT2D eigenvalue weighted by molar-refractivity contribution is -0.151. The van der Waals surface area contributed by atoms with Gasteiger partial charge in [0.25, 0.3) is 0 Å². The molecule has 36 heavy (non-hydrogen) atoms. The number of hydrogen-bond donors (Lipinski definition) is 0. The van der Waals surface area contributed by atoms with Gasteiger partial charge in [0.05, 0.1) is 12.3 Å². The molecule has 5 rings (SSSR count). The van der Waals surface area contributed by atoms with E-state index in [1.165, 1.54) is 0 Å². The molecule has 180 valence electrons. The van der Waals surface area contributed by atoms with Gasteiger partial charge in [-0.25, -0.2) is 4.68 Å². The van der Waals surface area contributed by atoms with E-state index in [0.717, 1.165) is 38.1 Å². The Bertz CT molecular complexity index is 1410. The summed E-state index contributed by atoms with van der Waals surface area (Å²) >= 11 is 3.50. The van der Waals surface area contributed by atoms with E-state index in [9.17, 15) is 9.59 Å². The number of ketones is 1. The Morgan fingerprint density at radius 2 is 1.86 bits per heavy atom. The summed E-state index contributed by atoms with van der Waals surface area (Å²) in [5.74, 6) is -2.06. The normalized spacial score (nSPS) is 17.5. The summed E-state index contributed by atoms with van der Waals surface area (Å²) in [5, 5.41) is 4.91. The van der Waals surface area contributed by atoms with Crippen LogP contribution in [0.15, 0.2) is 95.9 Å². The van der Waals surface area contributed by atoms with Gasteiger partial charge in [0.2, 0.25) is 0 Å². The number of pyridine rings is 1. The highest BCUT2D eigenvalue weighted by Gasteiger charge is 2.40. The number of rotatable bonds is 6. The molecule has 0 aliphatic heterocycles. The van der Waals surface area contributed by atoms with Gasteiger partial charge in [-0.3, -0.25) is 14.6 Å². The third kappa shape index (κ3) is 4.79. The van der Waals surface area contributed by atoms with Gasteiger partial charge in [-0.2, -0.15) is 5.10 Å². The van der Waals surface area contributed by atoms with Crippen molar-refractivity contribution in [1.82, 2.24) is 14.8 Å². The number of aromatic nitrogens is 3. The van der Waals surface area contributed by atoms with Crippen molar-refractivity contribution >= 4 is 33.3 Å². The number of esters is 1. The molecule has 0 N–H and O–H groups in total. The molecule has 2 aromatic heterocycles. The Kier molecular flexibility index (Phi) is 6.91. The molecule has 4 aromatic rings. The molecule has 0 radical (unpaired) electrons. The molecule has 0 saturated heterocycles. The maximum Gasteiger partial charge on any atom is 0.317 e. The number of allylic oxidation sites excluding steroid dienone is 2. The lowest BCUT2D eigenvalue weighted by Crippen LogP contribution is -2.34. The first-order chi connectivity index (χ1) is 17.5. The minimum Gasteiger partial charge on any atom is -0.465 e. The van der Waals surface area contributed by atoms with Gasteiger partial charge in [0.1, 0.15) is 11.6 Å². The van der Waals surface area contributed by atoms with Gasteiger partial charge in [-0.1, -0.05) is 52.3 Å². The molecule has 2 atom stereocenters. The molecule has 0 spiro atoms. The van der Waals surface area contributed by atoms with Crippen LogP contribution in [0.5, 0.6) is 0 Å². The summed E-state index contributed by atoms with van der Waals surface area (Å²) < 4.78 is 8.08. The lowest BCUT2D eigenvalue weighted by Gasteiger charge is -2.29. The highest BCUT2D eigenvalue weighted by molar-refractivity contribution is 9.10. The first-order valence-corrected chi connectivity index (χ1v) is 12.6. The van der Waals surface area contributed by atoms with Gasteiger partial charge >= 0.3 is 5.97 Å². The largest absolute Gasteiger partial charge is 0.465 e. The minimum atomic E-state index is -0.904. The summed E-state index contributed by atoms with van der Waals surface area (Å²) in [4.78, 5) is 30.5. The van der Waals surface area contributed by atoms with Crippen molar-refractivity contribution in [2.75, 3.05) is 6.61 Å². The van der Waals surface area contributed by atoms with Crippen molar-refractivity contribution in [3.05, 3.63) is 107 Å². The second-order valence-electron chi connectivity index (χ2n) is 8.58. The van der Waals surface area contributed by atoms with Gasteiger partial charge in [-0.15, -0.1) is 0 Å². The van der Waals surface area contributed by atoms with Crippen LogP contribution >= 0.6 is 15.9 Å². The van der Waals surface area contributed by atoms with Crippen molar-refractivity contribution in [1.29, 1.82) is 0 Å². The number of ether oxygens (including phenoxy) is 1. The van der Waals surface area contributed by atoms with Gasteiger partial charge < -0.3 is 4.74 Å². The second kappa shape index (κ2) is 10.4. The predicted octanol–water partition coefficient (Wildman–Crippen LogP) is 6.02. The summed E-state index contributed by atoms with van der Waals surface area (Å²) in [6.07, 6.45) is 7.42. The molecule has 0 fully saturated rings. The minimum absolute atomic E-state index is 0.219. The van der Waals surface area contributed by atoms with E-state index in [2.05, 4.69) is 20.9 Å². The Labute approximate surface area is 217 Å². The van der Waals surface area contributed by atoms with E-state index in [0.29, 0.717) is 6.42 Å². The highest BCUT2D eigenvalue weighted by Crippen LogP contribution is 2.42. The Balaban J connectivity index is 1.63. The summed E-state index contributed by atoms with van der Waals surface area (Å²) in [5.41, 5.74) is 5.13. The topological polar surface area (TPSA) is 74.1 Å². The van der Waals surface area contributed by atoms with Crippen LogP contribution in [0.4, 0.5) is 0 Å². The number of halogens is 1. The molecule has 1 aliphatic carbocycles. The van der Waals surface area contributed by atoms with Gasteiger partial charge in [0.15, 0.2) is 5.78 Å².